The van der Waals surface area contributed by atoms with Crippen LogP contribution in [0.4, 0.5) is 5.69 Å². The summed E-state index contributed by atoms with van der Waals surface area (Å²) in [5.41, 5.74) is 1.91. The first-order valence-corrected chi connectivity index (χ1v) is 7.26. The number of hydrogen-bond acceptors (Lipinski definition) is 2. The number of ketones is 1. The lowest BCUT2D eigenvalue weighted by Crippen LogP contribution is -2.07. The SMILES string of the molecule is CC(=O)c1ccc(NC(=O)C=Cc2ccc(Cl)cc2Cl)cc1. The Morgan fingerprint density at radius 3 is 2.32 bits per heavy atom. The third-order valence-electron chi connectivity index (χ3n) is 2.94. The van der Waals surface area contributed by atoms with Crippen LogP contribution in [0.1, 0.15) is 22.8 Å². The highest BCUT2D eigenvalue weighted by atomic mass is 35.5. The molecular formula is C17H13Cl2NO2. The summed E-state index contributed by atoms with van der Waals surface area (Å²) < 4.78 is 0. The Hall–Kier alpha value is -2.10. The largest absolute Gasteiger partial charge is 0.323 e. The van der Waals surface area contributed by atoms with Crippen molar-refractivity contribution in [1.82, 2.24) is 0 Å². The van der Waals surface area contributed by atoms with Crippen molar-refractivity contribution in [2.45, 2.75) is 6.92 Å². The fourth-order valence-electron chi connectivity index (χ4n) is 1.77. The molecule has 22 heavy (non-hydrogen) atoms. The molecule has 0 unspecified atom stereocenters. The van der Waals surface area contributed by atoms with E-state index < -0.39 is 0 Å². The fourth-order valence-corrected chi connectivity index (χ4v) is 2.25. The van der Waals surface area contributed by atoms with E-state index in [1.165, 1.54) is 13.0 Å². The fraction of sp³-hybridized carbons (Fsp3) is 0.0588. The van der Waals surface area contributed by atoms with Crippen LogP contribution in [-0.4, -0.2) is 11.7 Å². The van der Waals surface area contributed by atoms with Gasteiger partial charge in [-0.15, -0.1) is 0 Å². The van der Waals surface area contributed by atoms with Crippen molar-refractivity contribution in [2.75, 3.05) is 5.32 Å². The van der Waals surface area contributed by atoms with Crippen molar-refractivity contribution in [2.24, 2.45) is 0 Å². The smallest absolute Gasteiger partial charge is 0.248 e. The lowest BCUT2D eigenvalue weighted by Gasteiger charge is -2.03. The number of amides is 1. The summed E-state index contributed by atoms with van der Waals surface area (Å²) in [7, 11) is 0. The zero-order valence-corrected chi connectivity index (χ0v) is 13.3. The molecule has 0 aliphatic carbocycles. The van der Waals surface area contributed by atoms with Gasteiger partial charge in [-0.25, -0.2) is 0 Å². The Morgan fingerprint density at radius 2 is 1.73 bits per heavy atom. The molecule has 0 atom stereocenters. The van der Waals surface area contributed by atoms with Crippen LogP contribution < -0.4 is 5.32 Å². The lowest BCUT2D eigenvalue weighted by molar-refractivity contribution is -0.111. The molecule has 0 saturated heterocycles. The number of halogens is 2. The van der Waals surface area contributed by atoms with Gasteiger partial charge < -0.3 is 5.32 Å². The molecule has 2 rings (SSSR count). The van der Waals surface area contributed by atoms with E-state index in [4.69, 9.17) is 23.2 Å². The maximum Gasteiger partial charge on any atom is 0.248 e. The minimum atomic E-state index is -0.290. The van der Waals surface area contributed by atoms with E-state index in [9.17, 15) is 9.59 Å². The molecule has 0 heterocycles. The summed E-state index contributed by atoms with van der Waals surface area (Å²) >= 11 is 11.8. The second-order valence-electron chi connectivity index (χ2n) is 4.62. The van der Waals surface area contributed by atoms with Gasteiger partial charge in [0.15, 0.2) is 5.78 Å². The third kappa shape index (κ3) is 4.45. The van der Waals surface area contributed by atoms with Gasteiger partial charge in [0.1, 0.15) is 0 Å². The maximum absolute atomic E-state index is 11.8. The van der Waals surface area contributed by atoms with Gasteiger partial charge in [-0.3, -0.25) is 9.59 Å². The predicted octanol–water partition coefficient (Wildman–Crippen LogP) is 4.85. The minimum Gasteiger partial charge on any atom is -0.323 e. The molecule has 0 aliphatic rings. The molecule has 2 aromatic carbocycles. The van der Waals surface area contributed by atoms with E-state index in [0.29, 0.717) is 26.9 Å². The number of hydrogen-bond donors (Lipinski definition) is 1. The zero-order valence-electron chi connectivity index (χ0n) is 11.8. The van der Waals surface area contributed by atoms with Crippen LogP contribution in [0.15, 0.2) is 48.5 Å². The van der Waals surface area contributed by atoms with Gasteiger partial charge in [0, 0.05) is 27.4 Å². The number of Topliss-reactive ketones (excluding diaryl/α,β-unsaturated/α-hetero) is 1. The van der Waals surface area contributed by atoms with Gasteiger partial charge >= 0.3 is 0 Å². The predicted molar refractivity (Wildman–Crippen MR) is 90.6 cm³/mol. The van der Waals surface area contributed by atoms with Crippen LogP contribution >= 0.6 is 23.2 Å². The second kappa shape index (κ2) is 7.25. The molecule has 0 saturated carbocycles. The van der Waals surface area contributed by atoms with Crippen molar-refractivity contribution < 1.29 is 9.59 Å². The number of carbonyl (C=O) groups excluding carboxylic acids is 2. The molecule has 0 spiro atoms. The van der Waals surface area contributed by atoms with Crippen molar-refractivity contribution in [3.63, 3.8) is 0 Å². The molecule has 0 aliphatic heterocycles. The molecule has 2 aromatic rings. The van der Waals surface area contributed by atoms with E-state index in [1.807, 2.05) is 0 Å². The Bertz CT molecular complexity index is 737. The Morgan fingerprint density at radius 1 is 1.05 bits per heavy atom. The van der Waals surface area contributed by atoms with Crippen molar-refractivity contribution in [1.29, 1.82) is 0 Å². The summed E-state index contributed by atoms with van der Waals surface area (Å²) in [6, 6.07) is 11.7. The average Bonchev–Trinajstić information content (AvgIpc) is 2.47. The van der Waals surface area contributed by atoms with E-state index in [2.05, 4.69) is 5.32 Å². The van der Waals surface area contributed by atoms with Gasteiger partial charge in [0.05, 0.1) is 0 Å². The number of benzene rings is 2. The quantitative estimate of drug-likeness (QED) is 0.642. The first-order chi connectivity index (χ1) is 10.5. The Kier molecular flexibility index (Phi) is 5.36. The molecule has 1 N–H and O–H groups in total. The van der Waals surface area contributed by atoms with E-state index in [0.717, 1.165) is 0 Å². The standard InChI is InChI=1S/C17H13Cl2NO2/c1-11(21)12-3-7-15(8-4-12)20-17(22)9-5-13-2-6-14(18)10-16(13)19/h2-10H,1H3,(H,20,22). The summed E-state index contributed by atoms with van der Waals surface area (Å²) in [5, 5.41) is 3.72. The van der Waals surface area contributed by atoms with Gasteiger partial charge in [-0.05, 0) is 55.0 Å². The van der Waals surface area contributed by atoms with Crippen LogP contribution in [0.3, 0.4) is 0 Å². The maximum atomic E-state index is 11.8. The molecule has 1 amide bonds. The molecule has 3 nitrogen and oxygen atoms in total. The molecule has 112 valence electrons. The highest BCUT2D eigenvalue weighted by molar-refractivity contribution is 6.35. The monoisotopic (exact) mass is 333 g/mol. The molecule has 5 heteroatoms. The minimum absolute atomic E-state index is 0.0184. The topological polar surface area (TPSA) is 46.2 Å². The Labute approximate surface area is 138 Å². The van der Waals surface area contributed by atoms with E-state index in [-0.39, 0.29) is 11.7 Å². The van der Waals surface area contributed by atoms with Crippen molar-refractivity contribution in [3.05, 3.63) is 69.7 Å². The van der Waals surface area contributed by atoms with Crippen molar-refractivity contribution >= 4 is 46.7 Å². The molecule has 0 bridgehead atoms. The highest BCUT2D eigenvalue weighted by Gasteiger charge is 2.02. The number of carbonyl (C=O) groups is 2. The molecule has 0 fully saturated rings. The van der Waals surface area contributed by atoms with Crippen LogP contribution in [0.2, 0.25) is 10.0 Å². The van der Waals surface area contributed by atoms with E-state index in [1.54, 1.807) is 48.5 Å². The van der Waals surface area contributed by atoms with Crippen LogP contribution in [0, 0.1) is 0 Å². The lowest BCUT2D eigenvalue weighted by atomic mass is 10.1. The second-order valence-corrected chi connectivity index (χ2v) is 5.47. The molecule has 0 radical (unpaired) electrons. The van der Waals surface area contributed by atoms with Gasteiger partial charge in [0.25, 0.3) is 0 Å². The summed E-state index contributed by atoms with van der Waals surface area (Å²) in [6.45, 7) is 1.49. The first-order valence-electron chi connectivity index (χ1n) is 6.51. The van der Waals surface area contributed by atoms with Crippen LogP contribution in [0.5, 0.6) is 0 Å². The summed E-state index contributed by atoms with van der Waals surface area (Å²) in [6.07, 6.45) is 2.99. The number of rotatable bonds is 4. The van der Waals surface area contributed by atoms with Gasteiger partial charge in [-0.1, -0.05) is 29.3 Å². The first kappa shape index (κ1) is 16.3. The normalized spacial score (nSPS) is 10.7. The van der Waals surface area contributed by atoms with Crippen molar-refractivity contribution in [3.8, 4) is 0 Å². The summed E-state index contributed by atoms with van der Waals surface area (Å²) in [4.78, 5) is 23.0. The van der Waals surface area contributed by atoms with Gasteiger partial charge in [-0.2, -0.15) is 0 Å². The third-order valence-corrected chi connectivity index (χ3v) is 3.50. The zero-order chi connectivity index (χ0) is 16.1. The van der Waals surface area contributed by atoms with E-state index >= 15 is 0 Å². The van der Waals surface area contributed by atoms with Crippen LogP contribution in [0.25, 0.3) is 6.08 Å². The number of anilines is 1. The van der Waals surface area contributed by atoms with Gasteiger partial charge in [0.2, 0.25) is 5.91 Å². The molecule has 0 aromatic heterocycles. The Balaban J connectivity index is 2.03. The average molecular weight is 334 g/mol. The molecular weight excluding hydrogens is 321 g/mol. The summed E-state index contributed by atoms with van der Waals surface area (Å²) in [5.74, 6) is -0.309. The van der Waals surface area contributed by atoms with Crippen LogP contribution in [-0.2, 0) is 4.79 Å². The number of nitrogens with one attached hydrogen (secondary N) is 1. The highest BCUT2D eigenvalue weighted by Crippen LogP contribution is 2.22.